The summed E-state index contributed by atoms with van der Waals surface area (Å²) in [5.41, 5.74) is 1.34. The largest absolute Gasteiger partial charge is 0.494 e. The summed E-state index contributed by atoms with van der Waals surface area (Å²) < 4.78 is 7.01. The van der Waals surface area contributed by atoms with Crippen LogP contribution in [0.1, 0.15) is 24.8 Å². The molecule has 0 aromatic heterocycles. The Hall–Kier alpha value is -1.32. The molecule has 0 bridgehead atoms. The highest BCUT2D eigenvalue weighted by Gasteiger charge is 2.14. The minimum absolute atomic E-state index is 0.448. The third kappa shape index (κ3) is 5.18. The van der Waals surface area contributed by atoms with Crippen LogP contribution in [0.5, 0.6) is 5.75 Å². The predicted molar refractivity (Wildman–Crippen MR) is 92.0 cm³/mol. The molecule has 3 heteroatoms. The van der Waals surface area contributed by atoms with Crippen LogP contribution < -0.4 is 10.1 Å². The summed E-state index contributed by atoms with van der Waals surface area (Å²) in [5.74, 6) is 1.39. The number of nitrogens with one attached hydrogen (secondary N) is 1. The fourth-order valence-electron chi connectivity index (χ4n) is 2.33. The summed E-state index contributed by atoms with van der Waals surface area (Å²) in [7, 11) is 0. The third-order valence-electron chi connectivity index (χ3n) is 3.46. The molecule has 2 aromatic rings. The van der Waals surface area contributed by atoms with Gasteiger partial charge >= 0.3 is 0 Å². The maximum absolute atomic E-state index is 5.83. The maximum Gasteiger partial charge on any atom is 0.119 e. The summed E-state index contributed by atoms with van der Waals surface area (Å²) in [6.07, 6.45) is 0.991. The predicted octanol–water partition coefficient (Wildman–Crippen LogP) is 4.61. The van der Waals surface area contributed by atoms with E-state index in [0.717, 1.165) is 31.9 Å². The number of hydrogen-bond acceptors (Lipinski definition) is 2. The number of benzene rings is 2. The van der Waals surface area contributed by atoms with Crippen LogP contribution in [0.15, 0.2) is 59.1 Å². The lowest BCUT2D eigenvalue weighted by molar-refractivity contribution is 0.295. The molecule has 0 radical (unpaired) electrons. The number of likely N-dealkylation sites (N-methyl/N-ethyl adjacent to an activating group) is 1. The molecular formula is C18H22BrNO. The van der Waals surface area contributed by atoms with E-state index in [9.17, 15) is 0 Å². The minimum Gasteiger partial charge on any atom is -0.494 e. The maximum atomic E-state index is 5.83. The molecule has 1 atom stereocenters. The Bertz CT molecular complexity index is 530. The van der Waals surface area contributed by atoms with Crippen LogP contribution in [0.2, 0.25) is 0 Å². The SMILES string of the molecule is CCNCC(CCOc1ccccc1)c1ccccc1Br. The van der Waals surface area contributed by atoms with Gasteiger partial charge in [-0.1, -0.05) is 59.3 Å². The molecule has 0 heterocycles. The minimum atomic E-state index is 0.448. The van der Waals surface area contributed by atoms with Crippen molar-refractivity contribution in [3.05, 3.63) is 64.6 Å². The van der Waals surface area contributed by atoms with Gasteiger partial charge in [0, 0.05) is 16.9 Å². The lowest BCUT2D eigenvalue weighted by Crippen LogP contribution is -2.23. The number of hydrogen-bond donors (Lipinski definition) is 1. The first-order valence-corrected chi connectivity index (χ1v) is 8.23. The molecule has 0 aliphatic heterocycles. The van der Waals surface area contributed by atoms with Crippen LogP contribution in [0.4, 0.5) is 0 Å². The molecule has 2 rings (SSSR count). The first kappa shape index (κ1) is 16.1. The van der Waals surface area contributed by atoms with Crippen molar-refractivity contribution < 1.29 is 4.74 Å². The number of ether oxygens (including phenoxy) is 1. The van der Waals surface area contributed by atoms with E-state index in [1.165, 1.54) is 10.0 Å². The van der Waals surface area contributed by atoms with E-state index in [1.807, 2.05) is 30.3 Å². The second kappa shape index (κ2) is 8.85. The highest BCUT2D eigenvalue weighted by Crippen LogP contribution is 2.27. The standard InChI is InChI=1S/C18H22BrNO/c1-2-20-14-15(17-10-6-7-11-18(17)19)12-13-21-16-8-4-3-5-9-16/h3-11,15,20H,2,12-14H2,1H3. The van der Waals surface area contributed by atoms with Gasteiger partial charge in [-0.2, -0.15) is 0 Å². The average molecular weight is 348 g/mol. The molecule has 2 aromatic carbocycles. The summed E-state index contributed by atoms with van der Waals surface area (Å²) in [5, 5.41) is 3.45. The third-order valence-corrected chi connectivity index (χ3v) is 4.19. The number of rotatable bonds is 8. The molecule has 112 valence electrons. The zero-order chi connectivity index (χ0) is 14.9. The van der Waals surface area contributed by atoms with Crippen LogP contribution in [0, 0.1) is 0 Å². The molecule has 0 spiro atoms. The van der Waals surface area contributed by atoms with Gasteiger partial charge in [0.25, 0.3) is 0 Å². The van der Waals surface area contributed by atoms with Gasteiger partial charge in [-0.05, 0) is 36.7 Å². The number of para-hydroxylation sites is 1. The van der Waals surface area contributed by atoms with E-state index in [2.05, 4.69) is 52.4 Å². The van der Waals surface area contributed by atoms with Crippen LogP contribution >= 0.6 is 15.9 Å². The summed E-state index contributed by atoms with van der Waals surface area (Å²) in [6, 6.07) is 18.4. The van der Waals surface area contributed by atoms with Gasteiger partial charge in [0.15, 0.2) is 0 Å². The molecular weight excluding hydrogens is 326 g/mol. The van der Waals surface area contributed by atoms with Crippen molar-refractivity contribution in [3.63, 3.8) is 0 Å². The topological polar surface area (TPSA) is 21.3 Å². The Morgan fingerprint density at radius 1 is 1.05 bits per heavy atom. The second-order valence-electron chi connectivity index (χ2n) is 4.98. The van der Waals surface area contributed by atoms with Crippen LogP contribution in [0.3, 0.4) is 0 Å². The average Bonchev–Trinajstić information content (AvgIpc) is 2.52. The fourth-order valence-corrected chi connectivity index (χ4v) is 2.94. The van der Waals surface area contributed by atoms with E-state index in [-0.39, 0.29) is 0 Å². The molecule has 0 aliphatic carbocycles. The van der Waals surface area contributed by atoms with Gasteiger partial charge in [-0.15, -0.1) is 0 Å². The van der Waals surface area contributed by atoms with Crippen LogP contribution in [-0.4, -0.2) is 19.7 Å². The van der Waals surface area contributed by atoms with Gasteiger partial charge in [0.2, 0.25) is 0 Å². The molecule has 0 fully saturated rings. The van der Waals surface area contributed by atoms with Crippen molar-refractivity contribution in [1.29, 1.82) is 0 Å². The van der Waals surface area contributed by atoms with Gasteiger partial charge in [0.05, 0.1) is 6.61 Å². The van der Waals surface area contributed by atoms with E-state index in [4.69, 9.17) is 4.74 Å². The van der Waals surface area contributed by atoms with E-state index < -0.39 is 0 Å². The highest BCUT2D eigenvalue weighted by molar-refractivity contribution is 9.10. The summed E-state index contributed by atoms with van der Waals surface area (Å²) >= 11 is 3.66. The lowest BCUT2D eigenvalue weighted by atomic mass is 9.96. The second-order valence-corrected chi connectivity index (χ2v) is 5.83. The lowest BCUT2D eigenvalue weighted by Gasteiger charge is -2.19. The highest BCUT2D eigenvalue weighted by atomic mass is 79.9. The van der Waals surface area contributed by atoms with Gasteiger partial charge in [-0.25, -0.2) is 0 Å². The van der Waals surface area contributed by atoms with Gasteiger partial charge in [-0.3, -0.25) is 0 Å². The molecule has 0 saturated heterocycles. The molecule has 1 N–H and O–H groups in total. The molecule has 2 nitrogen and oxygen atoms in total. The van der Waals surface area contributed by atoms with Crippen molar-refractivity contribution >= 4 is 15.9 Å². The summed E-state index contributed by atoms with van der Waals surface area (Å²) in [6.45, 7) is 4.82. The van der Waals surface area contributed by atoms with Crippen molar-refractivity contribution in [2.24, 2.45) is 0 Å². The van der Waals surface area contributed by atoms with Crippen LogP contribution in [0.25, 0.3) is 0 Å². The van der Waals surface area contributed by atoms with Crippen molar-refractivity contribution in [3.8, 4) is 5.75 Å². The Morgan fingerprint density at radius 3 is 2.48 bits per heavy atom. The monoisotopic (exact) mass is 347 g/mol. The zero-order valence-electron chi connectivity index (χ0n) is 12.4. The zero-order valence-corrected chi connectivity index (χ0v) is 14.0. The fraction of sp³-hybridized carbons (Fsp3) is 0.333. The Balaban J connectivity index is 1.95. The molecule has 0 amide bonds. The normalized spacial score (nSPS) is 12.1. The Morgan fingerprint density at radius 2 is 1.76 bits per heavy atom. The van der Waals surface area contributed by atoms with Crippen molar-refractivity contribution in [2.75, 3.05) is 19.7 Å². The van der Waals surface area contributed by atoms with Crippen molar-refractivity contribution in [2.45, 2.75) is 19.3 Å². The summed E-state index contributed by atoms with van der Waals surface area (Å²) in [4.78, 5) is 0. The number of halogens is 1. The molecule has 0 saturated carbocycles. The van der Waals surface area contributed by atoms with Gasteiger partial charge in [0.1, 0.15) is 5.75 Å². The van der Waals surface area contributed by atoms with E-state index in [1.54, 1.807) is 0 Å². The Labute approximate surface area is 135 Å². The van der Waals surface area contributed by atoms with E-state index >= 15 is 0 Å². The molecule has 21 heavy (non-hydrogen) atoms. The quantitative estimate of drug-likeness (QED) is 0.752. The molecule has 1 unspecified atom stereocenters. The van der Waals surface area contributed by atoms with E-state index in [0.29, 0.717) is 5.92 Å². The van der Waals surface area contributed by atoms with Crippen LogP contribution in [-0.2, 0) is 0 Å². The first-order chi connectivity index (χ1) is 10.3. The molecule has 0 aliphatic rings. The first-order valence-electron chi connectivity index (χ1n) is 7.44. The Kier molecular flexibility index (Phi) is 6.77. The smallest absolute Gasteiger partial charge is 0.119 e. The van der Waals surface area contributed by atoms with Crippen molar-refractivity contribution in [1.82, 2.24) is 5.32 Å². The van der Waals surface area contributed by atoms with Gasteiger partial charge < -0.3 is 10.1 Å².